The topological polar surface area (TPSA) is 157 Å². The fourth-order valence-electron chi connectivity index (χ4n) is 3.92. The number of hydrogen-bond donors (Lipinski definition) is 3. The minimum atomic E-state index is -0.927. The van der Waals surface area contributed by atoms with Crippen molar-refractivity contribution in [1.82, 2.24) is 0 Å². The van der Waals surface area contributed by atoms with Gasteiger partial charge in [0.1, 0.15) is 5.69 Å². The first-order valence-corrected chi connectivity index (χ1v) is 13.6. The number of nitrogens with zero attached hydrogens (tertiary/aromatic N) is 2. The first-order valence-electron chi connectivity index (χ1n) is 13.6. The third kappa shape index (κ3) is 10.4. The summed E-state index contributed by atoms with van der Waals surface area (Å²) < 4.78 is 13.0. The lowest BCUT2D eigenvalue weighted by molar-refractivity contribution is -0.387. The van der Waals surface area contributed by atoms with Crippen molar-refractivity contribution in [2.24, 2.45) is 16.7 Å². The summed E-state index contributed by atoms with van der Waals surface area (Å²) in [5.41, 5.74) is -0.660. The number of carbonyl (C=O) groups excluding carboxylic acids is 2. The van der Waals surface area contributed by atoms with Crippen LogP contribution in [0.1, 0.15) is 73.6 Å². The number of nitro benzene ring substituents is 2. The van der Waals surface area contributed by atoms with Gasteiger partial charge in [0.25, 0.3) is 5.69 Å². The van der Waals surface area contributed by atoms with E-state index in [1.165, 1.54) is 44.2 Å². The Morgan fingerprint density at radius 3 is 1.73 bits per heavy atom. The molecule has 0 aliphatic heterocycles. The first kappa shape index (κ1) is 33.1. The van der Waals surface area contributed by atoms with Crippen LogP contribution in [0.3, 0.4) is 0 Å². The molecule has 2 amide bonds. The first-order chi connectivity index (χ1) is 19.0. The number of rotatable bonds is 7. The summed E-state index contributed by atoms with van der Waals surface area (Å²) in [6.07, 6.45) is 6.14. The van der Waals surface area contributed by atoms with Crippen molar-refractivity contribution in [2.75, 3.05) is 22.5 Å². The van der Waals surface area contributed by atoms with Gasteiger partial charge in [0.05, 0.1) is 9.85 Å². The second kappa shape index (κ2) is 14.0. The molecule has 224 valence electrons. The summed E-state index contributed by atoms with van der Waals surface area (Å²) in [5, 5.41) is 30.3. The predicted molar refractivity (Wildman–Crippen MR) is 157 cm³/mol. The van der Waals surface area contributed by atoms with Crippen LogP contribution in [-0.2, 0) is 9.59 Å². The third-order valence-corrected chi connectivity index (χ3v) is 6.52. The number of nitro groups is 2. The van der Waals surface area contributed by atoms with E-state index < -0.39 is 32.2 Å². The molecule has 0 unspecified atom stereocenters. The largest absolute Gasteiger partial charge is 0.379 e. The number of anilines is 3. The molecule has 0 saturated heterocycles. The van der Waals surface area contributed by atoms with Gasteiger partial charge in [-0.1, -0.05) is 60.8 Å². The second-order valence-corrected chi connectivity index (χ2v) is 12.2. The van der Waals surface area contributed by atoms with Crippen molar-refractivity contribution in [1.29, 1.82) is 0 Å². The van der Waals surface area contributed by atoms with Crippen molar-refractivity contribution in [3.8, 4) is 0 Å². The molecular formula is C29H40FN5O6. The third-order valence-electron chi connectivity index (χ3n) is 6.52. The Balaban J connectivity index is 0.000000305. The molecule has 0 spiro atoms. The highest BCUT2D eigenvalue weighted by atomic mass is 19.1. The second-order valence-electron chi connectivity index (χ2n) is 12.2. The Bertz CT molecular complexity index is 1260. The highest BCUT2D eigenvalue weighted by Crippen LogP contribution is 2.31. The highest BCUT2D eigenvalue weighted by Gasteiger charge is 2.24. The van der Waals surface area contributed by atoms with E-state index in [0.717, 1.165) is 18.7 Å². The molecule has 0 radical (unpaired) electrons. The predicted octanol–water partition coefficient (Wildman–Crippen LogP) is 7.29. The van der Waals surface area contributed by atoms with Gasteiger partial charge in [0, 0.05) is 40.9 Å². The van der Waals surface area contributed by atoms with Gasteiger partial charge in [-0.3, -0.25) is 29.8 Å². The molecule has 2 aromatic rings. The van der Waals surface area contributed by atoms with Gasteiger partial charge in [-0.25, -0.2) is 0 Å². The average molecular weight is 574 g/mol. The van der Waals surface area contributed by atoms with Gasteiger partial charge >= 0.3 is 5.69 Å². The molecule has 2 aromatic carbocycles. The van der Waals surface area contributed by atoms with E-state index in [1.807, 2.05) is 0 Å². The normalized spacial score (nSPS) is 13.8. The minimum absolute atomic E-state index is 0.00230. The molecule has 1 aliphatic carbocycles. The summed E-state index contributed by atoms with van der Waals surface area (Å²) in [5.74, 6) is -0.805. The van der Waals surface area contributed by atoms with Gasteiger partial charge in [0.15, 0.2) is 0 Å². The van der Waals surface area contributed by atoms with Crippen molar-refractivity contribution in [2.45, 2.75) is 73.6 Å². The van der Waals surface area contributed by atoms with Crippen molar-refractivity contribution in [3.63, 3.8) is 0 Å². The molecule has 0 aromatic heterocycles. The van der Waals surface area contributed by atoms with E-state index in [0.29, 0.717) is 17.3 Å². The Morgan fingerprint density at radius 1 is 0.805 bits per heavy atom. The minimum Gasteiger partial charge on any atom is -0.379 e. The number of halogens is 1. The average Bonchev–Trinajstić information content (AvgIpc) is 2.88. The van der Waals surface area contributed by atoms with Gasteiger partial charge in [-0.15, -0.1) is 0 Å². The molecule has 1 saturated carbocycles. The van der Waals surface area contributed by atoms with Crippen LogP contribution in [0.4, 0.5) is 32.8 Å². The molecule has 0 heterocycles. The van der Waals surface area contributed by atoms with Gasteiger partial charge in [-0.2, -0.15) is 4.39 Å². The summed E-state index contributed by atoms with van der Waals surface area (Å²) in [6, 6.07) is 8.05. The van der Waals surface area contributed by atoms with Crippen LogP contribution < -0.4 is 16.0 Å². The van der Waals surface area contributed by atoms with Crippen LogP contribution in [0.2, 0.25) is 0 Å². The van der Waals surface area contributed by atoms with E-state index in [1.54, 1.807) is 53.7 Å². The molecule has 3 rings (SSSR count). The van der Waals surface area contributed by atoms with E-state index in [2.05, 4.69) is 16.0 Å². The number of carbonyl (C=O) groups is 2. The lowest BCUT2D eigenvalue weighted by atomic mass is 9.89. The van der Waals surface area contributed by atoms with E-state index in [4.69, 9.17) is 0 Å². The van der Waals surface area contributed by atoms with E-state index >= 15 is 0 Å². The summed E-state index contributed by atoms with van der Waals surface area (Å²) in [4.78, 5) is 44.3. The van der Waals surface area contributed by atoms with Crippen LogP contribution in [0, 0.1) is 42.8 Å². The van der Waals surface area contributed by atoms with Gasteiger partial charge in [0.2, 0.25) is 17.6 Å². The van der Waals surface area contributed by atoms with Crippen molar-refractivity contribution < 1.29 is 23.8 Å². The molecule has 1 aliphatic rings. The summed E-state index contributed by atoms with van der Waals surface area (Å²) >= 11 is 0. The molecule has 41 heavy (non-hydrogen) atoms. The molecule has 0 atom stereocenters. The van der Waals surface area contributed by atoms with Gasteiger partial charge in [-0.05, 0) is 43.0 Å². The number of amides is 2. The summed E-state index contributed by atoms with van der Waals surface area (Å²) in [6.45, 7) is 11.3. The van der Waals surface area contributed by atoms with Crippen LogP contribution >= 0.6 is 0 Å². The molecular weight excluding hydrogens is 533 g/mol. The smallest absolute Gasteiger partial charge is 0.306 e. The Kier molecular flexibility index (Phi) is 11.3. The highest BCUT2D eigenvalue weighted by molar-refractivity contribution is 5.95. The van der Waals surface area contributed by atoms with E-state index in [9.17, 15) is 34.2 Å². The zero-order chi connectivity index (χ0) is 31.0. The Morgan fingerprint density at radius 2 is 1.27 bits per heavy atom. The SMILES string of the molecule is CC(C)(C)C(=O)Nc1ccc(F)c([N+](=O)[O-])c1.CC(C)(C)C(=O)Nc1ccc(NCC2CCCCC2)c([N+](=O)[O-])c1. The quantitative estimate of drug-likeness (QED) is 0.232. The number of hydrogen-bond acceptors (Lipinski definition) is 7. The standard InChI is InChI=1S/C18H27N3O3.C11H13FN2O3/c1-18(2,3)17(22)20-14-9-10-15(16(11-14)21(23)24)19-12-13-7-5-4-6-8-13;1-11(2,3)10(15)13-7-4-5-8(12)9(6-7)14(16)17/h9-11,13,19H,4-8,12H2,1-3H3,(H,20,22);4-6H,1-3H3,(H,13,15). The summed E-state index contributed by atoms with van der Waals surface area (Å²) in [7, 11) is 0. The lowest BCUT2D eigenvalue weighted by Gasteiger charge is -2.22. The number of benzene rings is 2. The monoisotopic (exact) mass is 573 g/mol. The molecule has 0 bridgehead atoms. The fraction of sp³-hybridized carbons (Fsp3) is 0.517. The maximum Gasteiger partial charge on any atom is 0.306 e. The number of nitrogens with one attached hydrogen (secondary N) is 3. The maximum atomic E-state index is 13.0. The van der Waals surface area contributed by atoms with E-state index in [-0.39, 0.29) is 23.2 Å². The maximum absolute atomic E-state index is 13.0. The van der Waals surface area contributed by atoms with Crippen LogP contribution in [0.5, 0.6) is 0 Å². The Labute approximate surface area is 239 Å². The zero-order valence-electron chi connectivity index (χ0n) is 24.5. The van der Waals surface area contributed by atoms with Crippen LogP contribution in [0.25, 0.3) is 0 Å². The molecule has 11 nitrogen and oxygen atoms in total. The zero-order valence-corrected chi connectivity index (χ0v) is 24.5. The van der Waals surface area contributed by atoms with Crippen LogP contribution in [0.15, 0.2) is 36.4 Å². The molecule has 1 fully saturated rings. The lowest BCUT2D eigenvalue weighted by Crippen LogP contribution is -2.27. The van der Waals surface area contributed by atoms with Crippen molar-refractivity contribution >= 4 is 40.3 Å². The Hall–Kier alpha value is -4.09. The fourth-order valence-corrected chi connectivity index (χ4v) is 3.92. The molecule has 3 N–H and O–H groups in total. The van der Waals surface area contributed by atoms with Gasteiger partial charge < -0.3 is 16.0 Å². The van der Waals surface area contributed by atoms with Crippen molar-refractivity contribution in [3.05, 3.63) is 62.4 Å². The molecule has 12 heteroatoms. The van der Waals surface area contributed by atoms with Crippen LogP contribution in [-0.4, -0.2) is 28.2 Å².